The number of nitrogens with one attached hydrogen (secondary N) is 1. The second-order valence-electron chi connectivity index (χ2n) is 5.41. The topological polar surface area (TPSA) is 30.5 Å². The fraction of sp³-hybridized carbons (Fsp3) is 0.647. The Bertz CT molecular complexity index is 385. The van der Waals surface area contributed by atoms with Crippen LogP contribution in [0.5, 0.6) is 0 Å². The molecule has 0 saturated heterocycles. The Morgan fingerprint density at radius 2 is 1.90 bits per heavy atom. The molecule has 1 unspecified atom stereocenters. The second-order valence-corrected chi connectivity index (χ2v) is 5.41. The Kier molecular flexibility index (Phi) is 9.22. The summed E-state index contributed by atoms with van der Waals surface area (Å²) in [6, 6.07) is 7.11. The molecule has 1 aromatic carbocycles. The number of unbranched alkanes of at least 4 members (excludes halogenated alkanes) is 1. The van der Waals surface area contributed by atoms with E-state index in [0.717, 1.165) is 19.4 Å². The van der Waals surface area contributed by atoms with Gasteiger partial charge in [0.1, 0.15) is 5.82 Å². The van der Waals surface area contributed by atoms with Gasteiger partial charge in [-0.15, -0.1) is 0 Å². The van der Waals surface area contributed by atoms with Gasteiger partial charge in [0.2, 0.25) is 0 Å². The highest BCUT2D eigenvalue weighted by Gasteiger charge is 2.16. The highest BCUT2D eigenvalue weighted by Crippen LogP contribution is 2.20. The number of hydrogen-bond donors (Lipinski definition) is 1. The Labute approximate surface area is 127 Å². The first kappa shape index (κ1) is 18.1. The van der Waals surface area contributed by atoms with E-state index in [2.05, 4.69) is 26.1 Å². The van der Waals surface area contributed by atoms with Crippen molar-refractivity contribution in [3.63, 3.8) is 0 Å². The maximum Gasteiger partial charge on any atom is 0.129 e. The van der Waals surface area contributed by atoms with Crippen molar-refractivity contribution in [1.82, 2.24) is 5.32 Å². The van der Waals surface area contributed by atoms with Gasteiger partial charge in [-0.3, -0.25) is 0 Å². The van der Waals surface area contributed by atoms with Crippen LogP contribution in [0.3, 0.4) is 0 Å². The molecule has 0 spiro atoms. The summed E-state index contributed by atoms with van der Waals surface area (Å²) >= 11 is 0. The standard InChI is InChI=1S/C17H28FNO2/c1-4-5-10-20-11-12-21-17(13-19-14(2)3)15-8-6-7-9-16(15)18/h6-9,14,17,19H,4-5,10-13H2,1-3H3. The summed E-state index contributed by atoms with van der Waals surface area (Å²) in [5.41, 5.74) is 0.596. The molecule has 3 nitrogen and oxygen atoms in total. The van der Waals surface area contributed by atoms with Crippen molar-refractivity contribution in [2.45, 2.75) is 45.8 Å². The van der Waals surface area contributed by atoms with Crippen LogP contribution in [0.15, 0.2) is 24.3 Å². The van der Waals surface area contributed by atoms with Gasteiger partial charge in [0, 0.05) is 24.8 Å². The molecule has 120 valence electrons. The summed E-state index contributed by atoms with van der Waals surface area (Å²) in [6.45, 7) is 8.63. The molecule has 21 heavy (non-hydrogen) atoms. The molecule has 0 heterocycles. The van der Waals surface area contributed by atoms with Crippen LogP contribution in [-0.4, -0.2) is 32.4 Å². The zero-order valence-corrected chi connectivity index (χ0v) is 13.4. The average molecular weight is 297 g/mol. The minimum Gasteiger partial charge on any atom is -0.379 e. The van der Waals surface area contributed by atoms with Crippen LogP contribution in [0.25, 0.3) is 0 Å². The maximum absolute atomic E-state index is 13.9. The molecular weight excluding hydrogens is 269 g/mol. The van der Waals surface area contributed by atoms with Crippen LogP contribution in [0.1, 0.15) is 45.3 Å². The fourth-order valence-corrected chi connectivity index (χ4v) is 1.94. The van der Waals surface area contributed by atoms with E-state index >= 15 is 0 Å². The highest BCUT2D eigenvalue weighted by atomic mass is 19.1. The Balaban J connectivity index is 2.47. The Morgan fingerprint density at radius 1 is 1.14 bits per heavy atom. The summed E-state index contributed by atoms with van der Waals surface area (Å²) in [4.78, 5) is 0. The Morgan fingerprint density at radius 3 is 2.57 bits per heavy atom. The number of rotatable bonds is 11. The van der Waals surface area contributed by atoms with Crippen LogP contribution in [-0.2, 0) is 9.47 Å². The fourth-order valence-electron chi connectivity index (χ4n) is 1.94. The van der Waals surface area contributed by atoms with Gasteiger partial charge in [0.15, 0.2) is 0 Å². The summed E-state index contributed by atoms with van der Waals surface area (Å²) < 4.78 is 25.2. The molecule has 0 radical (unpaired) electrons. The minimum atomic E-state index is -0.289. The zero-order valence-electron chi connectivity index (χ0n) is 13.4. The zero-order chi connectivity index (χ0) is 15.5. The molecule has 0 amide bonds. The lowest BCUT2D eigenvalue weighted by atomic mass is 10.1. The SMILES string of the molecule is CCCCOCCOC(CNC(C)C)c1ccccc1F. The van der Waals surface area contributed by atoms with Crippen molar-refractivity contribution in [3.8, 4) is 0 Å². The summed E-state index contributed by atoms with van der Waals surface area (Å²) in [7, 11) is 0. The van der Waals surface area contributed by atoms with Crippen LogP contribution in [0.2, 0.25) is 0 Å². The number of halogens is 1. The van der Waals surface area contributed by atoms with E-state index in [9.17, 15) is 4.39 Å². The first-order valence-electron chi connectivity index (χ1n) is 7.82. The summed E-state index contributed by atoms with van der Waals surface area (Å²) in [5.74, 6) is -0.222. The lowest BCUT2D eigenvalue weighted by Gasteiger charge is -2.21. The predicted molar refractivity (Wildman–Crippen MR) is 84.0 cm³/mol. The largest absolute Gasteiger partial charge is 0.379 e. The van der Waals surface area contributed by atoms with Gasteiger partial charge in [-0.25, -0.2) is 4.39 Å². The molecule has 0 bridgehead atoms. The molecule has 4 heteroatoms. The van der Waals surface area contributed by atoms with Crippen molar-refractivity contribution in [3.05, 3.63) is 35.6 Å². The predicted octanol–water partition coefficient (Wildman–Crippen LogP) is 3.70. The van der Waals surface area contributed by atoms with Gasteiger partial charge in [-0.2, -0.15) is 0 Å². The number of benzene rings is 1. The normalized spacial score (nSPS) is 12.8. The molecule has 0 saturated carbocycles. The van der Waals surface area contributed by atoms with Crippen LogP contribution >= 0.6 is 0 Å². The van der Waals surface area contributed by atoms with Crippen LogP contribution in [0.4, 0.5) is 4.39 Å². The van der Waals surface area contributed by atoms with Crippen molar-refractivity contribution >= 4 is 0 Å². The van der Waals surface area contributed by atoms with Gasteiger partial charge in [0.05, 0.1) is 19.3 Å². The molecule has 0 aliphatic rings. The third-order valence-electron chi connectivity index (χ3n) is 3.15. The average Bonchev–Trinajstić information content (AvgIpc) is 2.46. The van der Waals surface area contributed by atoms with Crippen molar-refractivity contribution in [1.29, 1.82) is 0 Å². The van der Waals surface area contributed by atoms with E-state index in [1.165, 1.54) is 6.07 Å². The Hall–Kier alpha value is -0.970. The first-order valence-corrected chi connectivity index (χ1v) is 7.82. The molecule has 1 rings (SSSR count). The molecule has 0 aliphatic carbocycles. The highest BCUT2D eigenvalue weighted by molar-refractivity contribution is 5.20. The van der Waals surface area contributed by atoms with E-state index in [-0.39, 0.29) is 11.9 Å². The van der Waals surface area contributed by atoms with E-state index in [1.54, 1.807) is 12.1 Å². The maximum atomic E-state index is 13.9. The van der Waals surface area contributed by atoms with Crippen molar-refractivity contribution in [2.24, 2.45) is 0 Å². The first-order chi connectivity index (χ1) is 10.1. The monoisotopic (exact) mass is 297 g/mol. The van der Waals surface area contributed by atoms with Crippen LogP contribution < -0.4 is 5.32 Å². The lowest BCUT2D eigenvalue weighted by molar-refractivity contribution is 0.00159. The quantitative estimate of drug-likeness (QED) is 0.632. The third-order valence-corrected chi connectivity index (χ3v) is 3.15. The number of hydrogen-bond acceptors (Lipinski definition) is 3. The lowest BCUT2D eigenvalue weighted by Crippen LogP contribution is -2.30. The van der Waals surface area contributed by atoms with Crippen molar-refractivity contribution < 1.29 is 13.9 Å². The van der Waals surface area contributed by atoms with Gasteiger partial charge in [0.25, 0.3) is 0 Å². The molecule has 1 atom stereocenters. The molecule has 1 aromatic rings. The van der Waals surface area contributed by atoms with E-state index < -0.39 is 0 Å². The summed E-state index contributed by atoms with van der Waals surface area (Å²) in [6.07, 6.45) is 1.89. The van der Waals surface area contributed by atoms with E-state index in [1.807, 2.05) is 6.07 Å². The van der Waals surface area contributed by atoms with Gasteiger partial charge in [-0.1, -0.05) is 45.4 Å². The summed E-state index contributed by atoms with van der Waals surface area (Å²) in [5, 5.41) is 3.30. The second kappa shape index (κ2) is 10.7. The van der Waals surface area contributed by atoms with Crippen LogP contribution in [0, 0.1) is 5.82 Å². The molecule has 1 N–H and O–H groups in total. The van der Waals surface area contributed by atoms with Gasteiger partial charge in [-0.05, 0) is 12.5 Å². The minimum absolute atomic E-state index is 0.222. The van der Waals surface area contributed by atoms with E-state index in [0.29, 0.717) is 31.4 Å². The smallest absolute Gasteiger partial charge is 0.129 e. The molecular formula is C17H28FNO2. The third kappa shape index (κ3) is 7.55. The number of ether oxygens (including phenoxy) is 2. The van der Waals surface area contributed by atoms with Crippen molar-refractivity contribution in [2.75, 3.05) is 26.4 Å². The molecule has 0 aromatic heterocycles. The molecule has 0 fully saturated rings. The van der Waals surface area contributed by atoms with E-state index in [4.69, 9.17) is 9.47 Å². The van der Waals surface area contributed by atoms with Gasteiger partial charge >= 0.3 is 0 Å². The molecule has 0 aliphatic heterocycles. The van der Waals surface area contributed by atoms with Gasteiger partial charge < -0.3 is 14.8 Å².